The molecule has 0 spiro atoms. The maximum Gasteiger partial charge on any atom is 0.251 e. The Morgan fingerprint density at radius 2 is 1.86 bits per heavy atom. The number of nitrogens with zero attached hydrogens (tertiary/aromatic N) is 3. The molecule has 0 radical (unpaired) electrons. The predicted octanol–water partition coefficient (Wildman–Crippen LogP) is 2.76. The summed E-state index contributed by atoms with van der Waals surface area (Å²) in [6, 6.07) is 6.91. The number of ether oxygens (including phenoxy) is 1. The van der Waals surface area contributed by atoms with Crippen molar-refractivity contribution in [3.05, 3.63) is 68.9 Å². The molecule has 0 unspecified atom stereocenters. The molecule has 1 aromatic heterocycles. The number of benzene rings is 2. The highest BCUT2D eigenvalue weighted by Crippen LogP contribution is 2.34. The molecule has 196 valence electrons. The summed E-state index contributed by atoms with van der Waals surface area (Å²) in [5.41, 5.74) is 1.96. The molecule has 1 amide bonds. The summed E-state index contributed by atoms with van der Waals surface area (Å²) >= 11 is 0. The fraction of sp³-hybridized carbons (Fsp3) is 0.407. The van der Waals surface area contributed by atoms with E-state index in [0.29, 0.717) is 86.2 Å². The van der Waals surface area contributed by atoms with Crippen LogP contribution in [0, 0.1) is 11.6 Å². The Labute approximate surface area is 213 Å². The van der Waals surface area contributed by atoms with Gasteiger partial charge in [0.1, 0.15) is 17.2 Å². The molecule has 37 heavy (non-hydrogen) atoms. The monoisotopic (exact) mass is 512 g/mol. The second kappa shape index (κ2) is 10.5. The molecule has 0 bridgehead atoms. The summed E-state index contributed by atoms with van der Waals surface area (Å²) in [5, 5.41) is 3.17. The zero-order valence-corrected chi connectivity index (χ0v) is 21.0. The van der Waals surface area contributed by atoms with Gasteiger partial charge < -0.3 is 29.2 Å². The first-order valence-corrected chi connectivity index (χ1v) is 12.4. The minimum atomic E-state index is -0.650. The molecule has 10 heteroatoms. The van der Waals surface area contributed by atoms with Gasteiger partial charge in [-0.2, -0.15) is 0 Å². The van der Waals surface area contributed by atoms with Gasteiger partial charge in [0.15, 0.2) is 11.3 Å². The first kappa shape index (κ1) is 25.2. The van der Waals surface area contributed by atoms with Crippen LogP contribution in [0.1, 0.15) is 21.5 Å². The average molecular weight is 513 g/mol. The number of rotatable bonds is 7. The highest BCUT2D eigenvalue weighted by Gasteiger charge is 2.26. The van der Waals surface area contributed by atoms with Crippen molar-refractivity contribution < 1.29 is 22.7 Å². The third kappa shape index (κ3) is 5.30. The van der Waals surface area contributed by atoms with E-state index < -0.39 is 11.6 Å². The van der Waals surface area contributed by atoms with Crippen LogP contribution in [0.3, 0.4) is 0 Å². The van der Waals surface area contributed by atoms with Gasteiger partial charge in [0.05, 0.1) is 18.6 Å². The molecule has 2 aromatic carbocycles. The number of hydrogen-bond donors (Lipinski definition) is 1. The normalized spacial score (nSPS) is 15.5. The number of carbonyl (C=O) groups excluding carboxylic acids is 1. The number of amides is 1. The summed E-state index contributed by atoms with van der Waals surface area (Å²) in [7, 11) is 3.83. The van der Waals surface area contributed by atoms with E-state index in [1.165, 1.54) is 12.1 Å². The van der Waals surface area contributed by atoms with Crippen molar-refractivity contribution in [3.8, 4) is 0 Å². The summed E-state index contributed by atoms with van der Waals surface area (Å²) in [6.07, 6.45) is 0.438. The van der Waals surface area contributed by atoms with Crippen LogP contribution in [0.4, 0.5) is 20.4 Å². The van der Waals surface area contributed by atoms with Gasteiger partial charge in [-0.05, 0) is 38.7 Å². The number of carbonyl (C=O) groups is 1. The lowest BCUT2D eigenvalue weighted by atomic mass is 10.0. The van der Waals surface area contributed by atoms with Crippen molar-refractivity contribution >= 4 is 28.4 Å². The largest absolute Gasteiger partial charge is 0.440 e. The van der Waals surface area contributed by atoms with E-state index in [0.717, 1.165) is 6.07 Å². The number of anilines is 2. The lowest BCUT2D eigenvalue weighted by Gasteiger charge is -2.27. The third-order valence-corrected chi connectivity index (χ3v) is 6.79. The van der Waals surface area contributed by atoms with Crippen LogP contribution in [0.5, 0.6) is 0 Å². The Kier molecular flexibility index (Phi) is 7.12. The highest BCUT2D eigenvalue weighted by atomic mass is 19.1. The van der Waals surface area contributed by atoms with Gasteiger partial charge in [-0.25, -0.2) is 8.78 Å². The Morgan fingerprint density at radius 1 is 1.08 bits per heavy atom. The molecule has 3 heterocycles. The third-order valence-electron chi connectivity index (χ3n) is 6.79. The second-order valence-corrected chi connectivity index (χ2v) is 9.68. The van der Waals surface area contributed by atoms with Crippen LogP contribution in [0.2, 0.25) is 0 Å². The molecule has 0 aliphatic carbocycles. The van der Waals surface area contributed by atoms with E-state index in [-0.39, 0.29) is 23.3 Å². The minimum absolute atomic E-state index is 0.223. The van der Waals surface area contributed by atoms with Crippen molar-refractivity contribution in [2.24, 2.45) is 0 Å². The molecule has 0 atom stereocenters. The minimum Gasteiger partial charge on any atom is -0.440 e. The molecule has 8 nitrogen and oxygen atoms in total. The molecule has 5 rings (SSSR count). The van der Waals surface area contributed by atoms with E-state index >= 15 is 0 Å². The molecule has 1 fully saturated rings. The number of likely N-dealkylation sites (N-methyl/N-ethyl adjacent to an activating group) is 1. The smallest absolute Gasteiger partial charge is 0.251 e. The van der Waals surface area contributed by atoms with Gasteiger partial charge in [0.2, 0.25) is 0 Å². The van der Waals surface area contributed by atoms with E-state index in [4.69, 9.17) is 9.15 Å². The summed E-state index contributed by atoms with van der Waals surface area (Å²) < 4.78 is 40.1. The highest BCUT2D eigenvalue weighted by molar-refractivity contribution is 5.98. The van der Waals surface area contributed by atoms with Crippen molar-refractivity contribution in [2.45, 2.75) is 13.0 Å². The van der Waals surface area contributed by atoms with Crippen molar-refractivity contribution in [1.29, 1.82) is 0 Å². The molecule has 3 aromatic rings. The summed E-state index contributed by atoms with van der Waals surface area (Å²) in [5.74, 6) is -1.09. The number of nitrogens with one attached hydrogen (secondary N) is 1. The molecule has 1 N–H and O–H groups in total. The van der Waals surface area contributed by atoms with Gasteiger partial charge in [0, 0.05) is 73.8 Å². The fourth-order valence-electron chi connectivity index (χ4n) is 4.86. The van der Waals surface area contributed by atoms with Crippen molar-refractivity contribution in [3.63, 3.8) is 0 Å². The van der Waals surface area contributed by atoms with Crippen LogP contribution in [-0.2, 0) is 17.7 Å². The van der Waals surface area contributed by atoms with Crippen LogP contribution in [0.25, 0.3) is 11.0 Å². The zero-order valence-electron chi connectivity index (χ0n) is 21.0. The van der Waals surface area contributed by atoms with E-state index in [1.807, 2.05) is 28.8 Å². The molecule has 0 saturated carbocycles. The Bertz CT molecular complexity index is 1390. The summed E-state index contributed by atoms with van der Waals surface area (Å²) in [4.78, 5) is 32.0. The average Bonchev–Trinajstić information content (AvgIpc) is 3.27. The lowest BCUT2D eigenvalue weighted by molar-refractivity contribution is 0.0951. The van der Waals surface area contributed by atoms with E-state index in [1.54, 1.807) is 12.1 Å². The molecule has 1 saturated heterocycles. The quantitative estimate of drug-likeness (QED) is 0.522. The first-order valence-electron chi connectivity index (χ1n) is 12.4. The maximum atomic E-state index is 14.4. The molecule has 2 aliphatic heterocycles. The first-order chi connectivity index (χ1) is 17.8. The Balaban J connectivity index is 1.56. The fourth-order valence-corrected chi connectivity index (χ4v) is 4.86. The van der Waals surface area contributed by atoms with Crippen LogP contribution >= 0.6 is 0 Å². The summed E-state index contributed by atoms with van der Waals surface area (Å²) in [6.45, 7) is 4.05. The Morgan fingerprint density at radius 3 is 2.62 bits per heavy atom. The zero-order chi connectivity index (χ0) is 26.1. The SMILES string of the molecule is CN(C)CCNC(=O)c1cc(CN2CCc3c(F)cc(F)cc32)c2oc(N3CCOCC3)cc(=O)c2c1. The topological polar surface area (TPSA) is 78.3 Å². The predicted molar refractivity (Wildman–Crippen MR) is 138 cm³/mol. The molecular formula is C27H30F2N4O4. The van der Waals surface area contributed by atoms with Crippen molar-refractivity contribution in [2.75, 3.05) is 69.8 Å². The number of fused-ring (bicyclic) bond motifs is 2. The number of halogens is 2. The van der Waals surface area contributed by atoms with Crippen LogP contribution in [-0.4, -0.2) is 70.8 Å². The lowest BCUT2D eigenvalue weighted by Crippen LogP contribution is -2.36. The molecule has 2 aliphatic rings. The standard InChI is InChI=1S/C27H30F2N4O4/c1-31(2)6-4-30-27(35)17-11-18(16-33-5-3-20-22(29)13-19(28)14-23(20)33)26-21(12-17)24(34)15-25(37-26)32-7-9-36-10-8-32/h11-15H,3-10,16H2,1-2H3,(H,30,35). The number of hydrogen-bond acceptors (Lipinski definition) is 7. The Hall–Kier alpha value is -3.50. The van der Waals surface area contributed by atoms with Gasteiger partial charge in [-0.1, -0.05) is 0 Å². The molecular weight excluding hydrogens is 482 g/mol. The van der Waals surface area contributed by atoms with Gasteiger partial charge >= 0.3 is 0 Å². The van der Waals surface area contributed by atoms with Gasteiger partial charge in [0.25, 0.3) is 5.91 Å². The van der Waals surface area contributed by atoms with E-state index in [2.05, 4.69) is 5.32 Å². The van der Waals surface area contributed by atoms with Crippen molar-refractivity contribution in [1.82, 2.24) is 10.2 Å². The number of morpholine rings is 1. The van der Waals surface area contributed by atoms with Gasteiger partial charge in [-0.15, -0.1) is 0 Å². The maximum absolute atomic E-state index is 14.4. The van der Waals surface area contributed by atoms with Crippen LogP contribution < -0.4 is 20.5 Å². The van der Waals surface area contributed by atoms with E-state index in [9.17, 15) is 18.4 Å². The van der Waals surface area contributed by atoms with Crippen LogP contribution in [0.15, 0.2) is 39.5 Å². The second-order valence-electron chi connectivity index (χ2n) is 9.68. The van der Waals surface area contributed by atoms with Gasteiger partial charge in [-0.3, -0.25) is 9.59 Å².